The summed E-state index contributed by atoms with van der Waals surface area (Å²) in [6, 6.07) is 8.74. The number of rotatable bonds is 3. The highest BCUT2D eigenvalue weighted by atomic mass is 79.9. The maximum Gasteiger partial charge on any atom is 0.250 e. The SMILES string of the molecule is O=C(/C=C/c1ccco1)NC(=S)Nc1ccc(Br)c(Cl)c1. The average Bonchev–Trinajstić information content (AvgIpc) is 2.94. The smallest absolute Gasteiger partial charge is 0.250 e. The van der Waals surface area contributed by atoms with Crippen molar-refractivity contribution in [3.8, 4) is 0 Å². The maximum absolute atomic E-state index is 11.7. The van der Waals surface area contributed by atoms with Crippen LogP contribution in [0.1, 0.15) is 5.76 Å². The molecule has 4 nitrogen and oxygen atoms in total. The predicted molar refractivity (Wildman–Crippen MR) is 91.3 cm³/mol. The van der Waals surface area contributed by atoms with E-state index in [1.54, 1.807) is 36.4 Å². The second kappa shape index (κ2) is 7.40. The van der Waals surface area contributed by atoms with Crippen molar-refractivity contribution in [3.05, 3.63) is 57.9 Å². The van der Waals surface area contributed by atoms with E-state index in [9.17, 15) is 4.79 Å². The van der Waals surface area contributed by atoms with Crippen LogP contribution in [0.15, 0.2) is 51.6 Å². The van der Waals surface area contributed by atoms with Crippen molar-refractivity contribution in [1.29, 1.82) is 0 Å². The molecule has 0 saturated heterocycles. The van der Waals surface area contributed by atoms with Crippen LogP contribution in [0.5, 0.6) is 0 Å². The lowest BCUT2D eigenvalue weighted by Crippen LogP contribution is -2.32. The third kappa shape index (κ3) is 5.00. The zero-order valence-electron chi connectivity index (χ0n) is 10.6. The Bertz CT molecular complexity index is 686. The Labute approximate surface area is 140 Å². The molecule has 0 saturated carbocycles. The Balaban J connectivity index is 1.89. The van der Waals surface area contributed by atoms with Gasteiger partial charge in [-0.15, -0.1) is 0 Å². The van der Waals surface area contributed by atoms with Gasteiger partial charge < -0.3 is 9.73 Å². The Kier molecular flexibility index (Phi) is 5.55. The van der Waals surface area contributed by atoms with E-state index in [1.165, 1.54) is 12.3 Å². The summed E-state index contributed by atoms with van der Waals surface area (Å²) in [7, 11) is 0. The van der Waals surface area contributed by atoms with Crippen LogP contribution in [-0.4, -0.2) is 11.0 Å². The quantitative estimate of drug-likeness (QED) is 0.613. The van der Waals surface area contributed by atoms with Crippen molar-refractivity contribution in [3.63, 3.8) is 0 Å². The molecule has 0 aliphatic rings. The van der Waals surface area contributed by atoms with Crippen LogP contribution >= 0.6 is 39.7 Å². The van der Waals surface area contributed by atoms with E-state index in [0.717, 1.165) is 4.47 Å². The monoisotopic (exact) mass is 384 g/mol. The first-order chi connectivity index (χ1) is 10.0. The van der Waals surface area contributed by atoms with Gasteiger partial charge in [0.05, 0.1) is 11.3 Å². The van der Waals surface area contributed by atoms with Gasteiger partial charge in [0.15, 0.2) is 5.11 Å². The molecule has 1 amide bonds. The summed E-state index contributed by atoms with van der Waals surface area (Å²) in [4.78, 5) is 11.7. The molecule has 0 aliphatic heterocycles. The molecule has 0 bridgehead atoms. The third-order valence-corrected chi connectivity index (χ3v) is 3.79. The minimum absolute atomic E-state index is 0.183. The largest absolute Gasteiger partial charge is 0.465 e. The normalized spacial score (nSPS) is 10.6. The molecule has 0 spiro atoms. The van der Waals surface area contributed by atoms with Crippen molar-refractivity contribution in [2.75, 3.05) is 5.32 Å². The van der Waals surface area contributed by atoms with Crippen LogP contribution in [-0.2, 0) is 4.79 Å². The van der Waals surface area contributed by atoms with Crippen LogP contribution in [0.2, 0.25) is 5.02 Å². The molecule has 2 rings (SSSR count). The first kappa shape index (κ1) is 15.8. The summed E-state index contributed by atoms with van der Waals surface area (Å²) in [5.41, 5.74) is 0.684. The second-order valence-electron chi connectivity index (χ2n) is 3.92. The predicted octanol–water partition coefficient (Wildman–Crippen LogP) is 4.22. The number of furan rings is 1. The van der Waals surface area contributed by atoms with Gasteiger partial charge in [-0.25, -0.2) is 0 Å². The van der Waals surface area contributed by atoms with E-state index in [1.807, 2.05) is 0 Å². The van der Waals surface area contributed by atoms with Crippen molar-refractivity contribution in [1.82, 2.24) is 5.32 Å². The zero-order chi connectivity index (χ0) is 15.2. The fraction of sp³-hybridized carbons (Fsp3) is 0. The van der Waals surface area contributed by atoms with Gasteiger partial charge in [-0.2, -0.15) is 0 Å². The molecule has 108 valence electrons. The maximum atomic E-state index is 11.7. The number of anilines is 1. The topological polar surface area (TPSA) is 54.3 Å². The zero-order valence-corrected chi connectivity index (χ0v) is 13.8. The van der Waals surface area contributed by atoms with Gasteiger partial charge >= 0.3 is 0 Å². The Morgan fingerprint density at radius 3 is 2.86 bits per heavy atom. The molecule has 21 heavy (non-hydrogen) atoms. The molecule has 0 atom stereocenters. The van der Waals surface area contributed by atoms with Crippen LogP contribution < -0.4 is 10.6 Å². The molecule has 0 radical (unpaired) electrons. The second-order valence-corrected chi connectivity index (χ2v) is 5.59. The Morgan fingerprint density at radius 2 is 2.19 bits per heavy atom. The van der Waals surface area contributed by atoms with Gasteiger partial charge in [0, 0.05) is 16.2 Å². The lowest BCUT2D eigenvalue weighted by molar-refractivity contribution is -0.115. The Morgan fingerprint density at radius 1 is 1.38 bits per heavy atom. The van der Waals surface area contributed by atoms with Crippen molar-refractivity contribution >= 4 is 62.5 Å². The minimum atomic E-state index is -0.355. The van der Waals surface area contributed by atoms with Crippen LogP contribution in [0.25, 0.3) is 6.08 Å². The van der Waals surface area contributed by atoms with Gasteiger partial charge in [0.25, 0.3) is 0 Å². The third-order valence-electron chi connectivity index (χ3n) is 2.36. The number of carbonyl (C=O) groups excluding carboxylic acids is 1. The van der Waals surface area contributed by atoms with Gasteiger partial charge in [-0.3, -0.25) is 10.1 Å². The van der Waals surface area contributed by atoms with Gasteiger partial charge in [-0.1, -0.05) is 11.6 Å². The summed E-state index contributed by atoms with van der Waals surface area (Å²) < 4.78 is 5.86. The highest BCUT2D eigenvalue weighted by Gasteiger charge is 2.04. The van der Waals surface area contributed by atoms with Crippen molar-refractivity contribution in [2.45, 2.75) is 0 Å². The van der Waals surface area contributed by atoms with E-state index in [4.69, 9.17) is 28.2 Å². The van der Waals surface area contributed by atoms with Gasteiger partial charge in [0.1, 0.15) is 5.76 Å². The number of hydrogen-bond acceptors (Lipinski definition) is 3. The molecule has 1 aromatic carbocycles. The van der Waals surface area contributed by atoms with Crippen molar-refractivity contribution < 1.29 is 9.21 Å². The standard InChI is InChI=1S/C14H10BrClN2O2S/c15-11-5-3-9(8-12(11)16)17-14(21)18-13(19)6-4-10-2-1-7-20-10/h1-8H,(H2,17,18,19,21)/b6-4+. The van der Waals surface area contributed by atoms with Crippen LogP contribution in [0.3, 0.4) is 0 Å². The molecule has 0 aliphatic carbocycles. The summed E-state index contributed by atoms with van der Waals surface area (Å²) in [6.45, 7) is 0. The van der Waals surface area contributed by atoms with E-state index < -0.39 is 0 Å². The summed E-state index contributed by atoms with van der Waals surface area (Å²) >= 11 is 14.3. The first-order valence-corrected chi connectivity index (χ1v) is 7.41. The number of amides is 1. The molecule has 1 heterocycles. The fourth-order valence-electron chi connectivity index (χ4n) is 1.43. The highest BCUT2D eigenvalue weighted by molar-refractivity contribution is 9.10. The number of thiocarbonyl (C=S) groups is 1. The highest BCUT2D eigenvalue weighted by Crippen LogP contribution is 2.25. The van der Waals surface area contributed by atoms with E-state index in [0.29, 0.717) is 16.5 Å². The van der Waals surface area contributed by atoms with E-state index >= 15 is 0 Å². The minimum Gasteiger partial charge on any atom is -0.465 e. The molecule has 2 N–H and O–H groups in total. The fourth-order valence-corrected chi connectivity index (χ4v) is 2.08. The van der Waals surface area contributed by atoms with Crippen molar-refractivity contribution in [2.24, 2.45) is 0 Å². The molecule has 1 aromatic heterocycles. The molecule has 2 aromatic rings. The Hall–Kier alpha value is -1.63. The number of nitrogens with one attached hydrogen (secondary N) is 2. The lowest BCUT2D eigenvalue weighted by Gasteiger charge is -2.08. The number of benzene rings is 1. The molecule has 0 unspecified atom stereocenters. The van der Waals surface area contributed by atoms with Crippen LogP contribution in [0.4, 0.5) is 5.69 Å². The summed E-state index contributed by atoms with van der Waals surface area (Å²) in [5, 5.41) is 6.12. The molecule has 7 heteroatoms. The van der Waals surface area contributed by atoms with E-state index in [-0.39, 0.29) is 11.0 Å². The number of hydrogen-bond donors (Lipinski definition) is 2. The number of carbonyl (C=O) groups is 1. The molecular formula is C14H10BrClN2O2S. The van der Waals surface area contributed by atoms with E-state index in [2.05, 4.69) is 26.6 Å². The first-order valence-electron chi connectivity index (χ1n) is 5.83. The average molecular weight is 386 g/mol. The van der Waals surface area contributed by atoms with Gasteiger partial charge in [-0.05, 0) is 64.6 Å². The molecular weight excluding hydrogens is 376 g/mol. The van der Waals surface area contributed by atoms with Gasteiger partial charge in [0.2, 0.25) is 5.91 Å². The summed E-state index contributed by atoms with van der Waals surface area (Å²) in [5.74, 6) is 0.232. The van der Waals surface area contributed by atoms with Crippen LogP contribution in [0, 0.1) is 0 Å². The lowest BCUT2D eigenvalue weighted by atomic mass is 10.3. The molecule has 0 fully saturated rings. The summed E-state index contributed by atoms with van der Waals surface area (Å²) in [6.07, 6.45) is 4.41. The number of halogens is 2.